The van der Waals surface area contributed by atoms with E-state index in [1.165, 1.54) is 35.2 Å². The molecule has 0 radical (unpaired) electrons. The van der Waals surface area contributed by atoms with Crippen LogP contribution in [0.3, 0.4) is 0 Å². The van der Waals surface area contributed by atoms with Crippen molar-refractivity contribution in [1.29, 1.82) is 0 Å². The van der Waals surface area contributed by atoms with Crippen LogP contribution in [0.5, 0.6) is 0 Å². The van der Waals surface area contributed by atoms with Crippen LogP contribution in [0.1, 0.15) is 27.2 Å². The molecule has 0 saturated carbocycles. The Kier molecular flexibility index (Phi) is 4.84. The summed E-state index contributed by atoms with van der Waals surface area (Å²) in [5.74, 6) is -1.06. The molecule has 9 heteroatoms. The summed E-state index contributed by atoms with van der Waals surface area (Å²) in [6.45, 7) is -0.0190. The topological polar surface area (TPSA) is 56.4 Å². The molecule has 1 amide bonds. The first kappa shape index (κ1) is 21.0. The summed E-state index contributed by atoms with van der Waals surface area (Å²) in [5.41, 5.74) is 0.912. The van der Waals surface area contributed by atoms with Gasteiger partial charge in [0.15, 0.2) is 0 Å². The Bertz CT molecular complexity index is 1360. The number of rotatable bonds is 0. The van der Waals surface area contributed by atoms with E-state index >= 15 is 0 Å². The van der Waals surface area contributed by atoms with Crippen molar-refractivity contribution >= 4 is 23.0 Å². The Balaban J connectivity index is 1.78. The maximum atomic E-state index is 14.0. The van der Waals surface area contributed by atoms with Gasteiger partial charge in [0.1, 0.15) is 12.5 Å². The van der Waals surface area contributed by atoms with Crippen LogP contribution < -0.4 is 15.4 Å². The number of nitrogens with one attached hydrogen (secondary N) is 1. The molecule has 168 valence electrons. The van der Waals surface area contributed by atoms with E-state index in [1.54, 1.807) is 17.0 Å². The van der Waals surface area contributed by atoms with E-state index in [4.69, 9.17) is 0 Å². The van der Waals surface area contributed by atoms with Crippen LogP contribution in [0, 0.1) is 5.82 Å². The number of aromatic amines is 1. The SMILES string of the molecule is O=C1c2cc(C(F)(F)F)ccc2N2CN1c1ccc(=O)[nH]c1C/C=C/Cc1cc(F)ccc12. The third-order valence-corrected chi connectivity index (χ3v) is 5.80. The van der Waals surface area contributed by atoms with Gasteiger partial charge < -0.3 is 9.88 Å². The van der Waals surface area contributed by atoms with Gasteiger partial charge in [-0.05, 0) is 54.4 Å². The van der Waals surface area contributed by atoms with Gasteiger partial charge in [-0.15, -0.1) is 0 Å². The summed E-state index contributed by atoms with van der Waals surface area (Å²) in [4.78, 5) is 31.1. The number of allylic oxidation sites excluding steroid dienone is 2. The highest BCUT2D eigenvalue weighted by Gasteiger charge is 2.37. The molecule has 33 heavy (non-hydrogen) atoms. The number of pyridine rings is 1. The van der Waals surface area contributed by atoms with Crippen LogP contribution in [0.4, 0.5) is 34.6 Å². The van der Waals surface area contributed by atoms with Gasteiger partial charge in [0.25, 0.3) is 5.91 Å². The van der Waals surface area contributed by atoms with Crippen LogP contribution in [0.2, 0.25) is 0 Å². The molecule has 1 N–H and O–H groups in total. The van der Waals surface area contributed by atoms with Crippen molar-refractivity contribution in [3.63, 3.8) is 0 Å². The number of alkyl halides is 3. The maximum absolute atomic E-state index is 14.0. The number of hydrogen-bond donors (Lipinski definition) is 1. The molecule has 5 nitrogen and oxygen atoms in total. The molecule has 2 aromatic carbocycles. The summed E-state index contributed by atoms with van der Waals surface area (Å²) in [6.07, 6.45) is -0.349. The zero-order chi connectivity index (χ0) is 23.3. The monoisotopic (exact) mass is 455 g/mol. The van der Waals surface area contributed by atoms with Crippen molar-refractivity contribution in [3.05, 3.63) is 99.2 Å². The quantitative estimate of drug-likeness (QED) is 0.386. The number of nitrogens with zero attached hydrogens (tertiary/aromatic N) is 2. The molecule has 5 rings (SSSR count). The van der Waals surface area contributed by atoms with Gasteiger partial charge in [0.2, 0.25) is 5.56 Å². The summed E-state index contributed by atoms with van der Waals surface area (Å²) >= 11 is 0. The summed E-state index contributed by atoms with van der Waals surface area (Å²) in [7, 11) is 0. The fraction of sp³-hybridized carbons (Fsp3) is 0.167. The number of H-pyrrole nitrogens is 1. The normalized spacial score (nSPS) is 16.4. The lowest BCUT2D eigenvalue weighted by atomic mass is 10.0. The zero-order valence-corrected chi connectivity index (χ0v) is 17.1. The Labute approximate surface area is 185 Å². The predicted molar refractivity (Wildman–Crippen MR) is 115 cm³/mol. The van der Waals surface area contributed by atoms with Crippen molar-refractivity contribution in [2.45, 2.75) is 19.0 Å². The summed E-state index contributed by atoms with van der Waals surface area (Å²) in [5, 5.41) is 0. The second kappa shape index (κ2) is 7.61. The molecule has 0 spiro atoms. The molecule has 0 atom stereocenters. The van der Waals surface area contributed by atoms with Crippen LogP contribution in [-0.4, -0.2) is 17.6 Å². The highest BCUT2D eigenvalue weighted by molar-refractivity contribution is 6.13. The molecule has 0 saturated heterocycles. The summed E-state index contributed by atoms with van der Waals surface area (Å²) in [6, 6.07) is 9.99. The minimum Gasteiger partial charge on any atom is -0.324 e. The van der Waals surface area contributed by atoms with E-state index in [0.717, 1.165) is 12.1 Å². The lowest BCUT2D eigenvalue weighted by molar-refractivity contribution is -0.137. The number of aromatic nitrogens is 1. The van der Waals surface area contributed by atoms with E-state index in [9.17, 15) is 27.2 Å². The third kappa shape index (κ3) is 3.69. The van der Waals surface area contributed by atoms with Gasteiger partial charge in [0, 0.05) is 23.9 Å². The van der Waals surface area contributed by atoms with Gasteiger partial charge in [0.05, 0.1) is 22.5 Å². The van der Waals surface area contributed by atoms with E-state index in [1.807, 2.05) is 6.08 Å². The zero-order valence-electron chi connectivity index (χ0n) is 17.1. The van der Waals surface area contributed by atoms with E-state index in [-0.39, 0.29) is 24.2 Å². The third-order valence-electron chi connectivity index (χ3n) is 5.80. The van der Waals surface area contributed by atoms with Gasteiger partial charge in [-0.25, -0.2) is 4.39 Å². The number of carbonyl (C=O) groups is 1. The number of amides is 1. The Hall–Kier alpha value is -3.88. The highest BCUT2D eigenvalue weighted by atomic mass is 19.4. The molecule has 3 aromatic rings. The fourth-order valence-corrected chi connectivity index (χ4v) is 4.25. The highest BCUT2D eigenvalue weighted by Crippen LogP contribution is 2.41. The van der Waals surface area contributed by atoms with Gasteiger partial charge in [-0.2, -0.15) is 13.2 Å². The Morgan fingerprint density at radius 2 is 1.55 bits per heavy atom. The molecule has 2 bridgehead atoms. The molecular formula is C24H17F4N3O2. The van der Waals surface area contributed by atoms with E-state index < -0.39 is 23.5 Å². The Morgan fingerprint density at radius 1 is 0.818 bits per heavy atom. The molecule has 2 aliphatic rings. The van der Waals surface area contributed by atoms with Crippen molar-refractivity contribution in [2.24, 2.45) is 0 Å². The lowest BCUT2D eigenvalue weighted by Crippen LogP contribution is -2.46. The van der Waals surface area contributed by atoms with Crippen LogP contribution >= 0.6 is 0 Å². The van der Waals surface area contributed by atoms with Crippen LogP contribution in [0.15, 0.2) is 65.5 Å². The van der Waals surface area contributed by atoms with Gasteiger partial charge in [-0.3, -0.25) is 14.5 Å². The minimum atomic E-state index is -4.63. The molecule has 0 fully saturated rings. The lowest BCUT2D eigenvalue weighted by Gasteiger charge is -2.39. The first-order chi connectivity index (χ1) is 15.7. The fourth-order valence-electron chi connectivity index (χ4n) is 4.25. The second-order valence-electron chi connectivity index (χ2n) is 7.87. The van der Waals surface area contributed by atoms with Crippen LogP contribution in [0.25, 0.3) is 0 Å². The molecular weight excluding hydrogens is 438 g/mol. The van der Waals surface area contributed by atoms with Crippen molar-refractivity contribution in [3.8, 4) is 0 Å². The molecule has 2 aliphatic heterocycles. The van der Waals surface area contributed by atoms with Gasteiger partial charge >= 0.3 is 6.18 Å². The smallest absolute Gasteiger partial charge is 0.324 e. The average molecular weight is 455 g/mol. The number of halogens is 4. The van der Waals surface area contributed by atoms with Crippen molar-refractivity contribution < 1.29 is 22.4 Å². The van der Waals surface area contributed by atoms with Gasteiger partial charge in [-0.1, -0.05) is 12.2 Å². The first-order valence-electron chi connectivity index (χ1n) is 10.2. The van der Waals surface area contributed by atoms with E-state index in [2.05, 4.69) is 4.98 Å². The number of carbonyl (C=O) groups excluding carboxylic acids is 1. The number of benzene rings is 2. The number of anilines is 3. The number of hydrogen-bond acceptors (Lipinski definition) is 3. The molecule has 3 heterocycles. The summed E-state index contributed by atoms with van der Waals surface area (Å²) < 4.78 is 54.3. The molecule has 0 unspecified atom stereocenters. The average Bonchev–Trinajstić information content (AvgIpc) is 2.79. The number of fused-ring (bicyclic) bond motifs is 8. The largest absolute Gasteiger partial charge is 0.416 e. The predicted octanol–water partition coefficient (Wildman–Crippen LogP) is 4.94. The molecule has 1 aromatic heterocycles. The van der Waals surface area contributed by atoms with Crippen molar-refractivity contribution in [1.82, 2.24) is 4.98 Å². The van der Waals surface area contributed by atoms with Crippen LogP contribution in [-0.2, 0) is 19.0 Å². The van der Waals surface area contributed by atoms with Crippen molar-refractivity contribution in [2.75, 3.05) is 16.5 Å². The Morgan fingerprint density at radius 3 is 2.33 bits per heavy atom. The standard InChI is InChI=1S/C24H17F4N3O2/c25-16-6-8-19-14(11-16)3-1-2-4-18-21(9-10-22(32)29-18)31-13-30(19)20-7-5-15(24(26,27)28)12-17(20)23(31)33/h1-2,5-12H,3-4,13H2,(H,29,32)/b2-1+. The first-order valence-corrected chi connectivity index (χ1v) is 10.2. The maximum Gasteiger partial charge on any atom is 0.416 e. The minimum absolute atomic E-state index is 0.0190. The van der Waals surface area contributed by atoms with E-state index in [0.29, 0.717) is 34.7 Å². The second-order valence-corrected chi connectivity index (χ2v) is 7.87. The molecule has 0 aliphatic carbocycles.